The third kappa shape index (κ3) is 4.01. The van der Waals surface area contributed by atoms with Gasteiger partial charge in [-0.3, -0.25) is 4.90 Å². The Balaban J connectivity index is 2.40. The molecule has 0 aliphatic carbocycles. The van der Waals surface area contributed by atoms with Gasteiger partial charge in [-0.05, 0) is 35.6 Å². The van der Waals surface area contributed by atoms with Gasteiger partial charge in [0.2, 0.25) is 0 Å². The smallest absolute Gasteiger partial charge is 0.423 e. The Bertz CT molecular complexity index is 618. The Labute approximate surface area is 123 Å². The van der Waals surface area contributed by atoms with Crippen molar-refractivity contribution in [1.82, 2.24) is 10.2 Å². The highest BCUT2D eigenvalue weighted by molar-refractivity contribution is 7.86. The van der Waals surface area contributed by atoms with E-state index >= 15 is 0 Å². The maximum atomic E-state index is 13.2. The molecule has 9 heteroatoms. The molecule has 1 fully saturated rings. The van der Waals surface area contributed by atoms with E-state index in [-0.39, 0.29) is 5.46 Å². The lowest BCUT2D eigenvalue weighted by Gasteiger charge is -2.28. The predicted molar refractivity (Wildman–Crippen MR) is 77.4 cm³/mol. The molecule has 1 heterocycles. The highest BCUT2D eigenvalue weighted by atomic mass is 32.3. The van der Waals surface area contributed by atoms with Gasteiger partial charge >= 0.3 is 17.3 Å². The average molecular weight is 316 g/mol. The molecule has 21 heavy (non-hydrogen) atoms. The summed E-state index contributed by atoms with van der Waals surface area (Å²) in [5, 5.41) is 21.9. The molecule has 6 nitrogen and oxygen atoms in total. The number of nitrogens with one attached hydrogen (secondary N) is 1. The second-order valence-corrected chi connectivity index (χ2v) is 6.48. The van der Waals surface area contributed by atoms with Gasteiger partial charge in [0.25, 0.3) is 0 Å². The van der Waals surface area contributed by atoms with Crippen molar-refractivity contribution in [2.45, 2.75) is 18.4 Å². The van der Waals surface area contributed by atoms with Crippen LogP contribution in [0.15, 0.2) is 17.0 Å². The Morgan fingerprint density at radius 1 is 1.33 bits per heavy atom. The Morgan fingerprint density at radius 3 is 2.48 bits per heavy atom. The Hall–Kier alpha value is -0.995. The number of hydrogen-bond donors (Lipinski definition) is 3. The van der Waals surface area contributed by atoms with E-state index in [2.05, 4.69) is 10.2 Å². The molecule has 0 unspecified atom stereocenters. The molecule has 0 aromatic heterocycles. The van der Waals surface area contributed by atoms with E-state index in [0.717, 1.165) is 32.2 Å². The minimum Gasteiger partial charge on any atom is -0.423 e. The zero-order chi connectivity index (χ0) is 15.6. The maximum absolute atomic E-state index is 13.2. The topological polar surface area (TPSA) is 89.9 Å². The number of nitrogens with zero attached hydrogens (tertiary/aromatic N) is 1. The molecule has 1 aromatic carbocycles. The second kappa shape index (κ2) is 6.41. The molecule has 1 saturated heterocycles. The normalized spacial score (nSPS) is 17.0. The summed E-state index contributed by atoms with van der Waals surface area (Å²) in [4.78, 5) is 1.56. The summed E-state index contributed by atoms with van der Waals surface area (Å²) in [6.07, 6.45) is 0. The fraction of sp³-hybridized carbons (Fsp3) is 0.500. The summed E-state index contributed by atoms with van der Waals surface area (Å²) >= 11 is 0. The number of rotatable bonds is 4. The van der Waals surface area contributed by atoms with E-state index in [1.54, 1.807) is 6.92 Å². The lowest BCUT2D eigenvalue weighted by Crippen LogP contribution is -2.43. The van der Waals surface area contributed by atoms with Crippen LogP contribution in [0, 0.1) is 6.92 Å². The van der Waals surface area contributed by atoms with Crippen LogP contribution in [0.2, 0.25) is 0 Å². The van der Waals surface area contributed by atoms with Gasteiger partial charge in [0, 0.05) is 32.7 Å². The van der Waals surface area contributed by atoms with Crippen molar-refractivity contribution < 1.29 is 22.4 Å². The molecular formula is C12H18BFN2O4S. The lowest BCUT2D eigenvalue weighted by molar-refractivity contribution is 0.232. The van der Waals surface area contributed by atoms with Gasteiger partial charge in [-0.15, -0.1) is 3.89 Å². The fourth-order valence-electron chi connectivity index (χ4n) is 2.45. The van der Waals surface area contributed by atoms with E-state index in [1.165, 1.54) is 6.07 Å². The van der Waals surface area contributed by atoms with Crippen molar-refractivity contribution in [3.8, 4) is 0 Å². The first-order chi connectivity index (χ1) is 9.79. The first-order valence-electron chi connectivity index (χ1n) is 6.66. The van der Waals surface area contributed by atoms with E-state index in [0.29, 0.717) is 17.7 Å². The highest BCUT2D eigenvalue weighted by Gasteiger charge is 2.23. The average Bonchev–Trinajstić information content (AvgIpc) is 2.40. The van der Waals surface area contributed by atoms with Gasteiger partial charge in [0.05, 0.1) is 4.90 Å². The van der Waals surface area contributed by atoms with Gasteiger partial charge in [-0.1, -0.05) is 0 Å². The van der Waals surface area contributed by atoms with Crippen LogP contribution in [0.5, 0.6) is 0 Å². The SMILES string of the molecule is Cc1c(CN2CCNCC2)cc(S(=O)(=O)F)cc1B(O)O. The molecule has 0 saturated carbocycles. The number of hydrogen-bond acceptors (Lipinski definition) is 6. The monoisotopic (exact) mass is 316 g/mol. The van der Waals surface area contributed by atoms with Crippen LogP contribution >= 0.6 is 0 Å². The molecule has 0 bridgehead atoms. The van der Waals surface area contributed by atoms with E-state index in [4.69, 9.17) is 0 Å². The zero-order valence-corrected chi connectivity index (χ0v) is 12.5. The first-order valence-corrected chi connectivity index (χ1v) is 8.04. The van der Waals surface area contributed by atoms with Crippen molar-refractivity contribution in [2.75, 3.05) is 26.2 Å². The second-order valence-electron chi connectivity index (χ2n) is 5.13. The summed E-state index contributed by atoms with van der Waals surface area (Å²) in [6.45, 7) is 5.36. The summed E-state index contributed by atoms with van der Waals surface area (Å²) in [5.74, 6) is 0. The number of halogens is 1. The molecule has 1 aromatic rings. The van der Waals surface area contributed by atoms with Crippen LogP contribution in [-0.2, 0) is 16.8 Å². The first kappa shape index (κ1) is 16.4. The number of benzene rings is 1. The van der Waals surface area contributed by atoms with Crippen LogP contribution in [0.25, 0.3) is 0 Å². The third-order valence-corrected chi connectivity index (χ3v) is 4.49. The van der Waals surface area contributed by atoms with Crippen molar-refractivity contribution in [3.63, 3.8) is 0 Å². The molecule has 3 N–H and O–H groups in total. The summed E-state index contributed by atoms with van der Waals surface area (Å²) in [7, 11) is -6.73. The molecule has 0 radical (unpaired) electrons. The van der Waals surface area contributed by atoms with Crippen LogP contribution in [0.3, 0.4) is 0 Å². The van der Waals surface area contributed by atoms with Gasteiger partial charge in [0.15, 0.2) is 0 Å². The Morgan fingerprint density at radius 2 is 1.95 bits per heavy atom. The third-order valence-electron chi connectivity index (χ3n) is 3.69. The minimum absolute atomic E-state index is 0.0128. The predicted octanol–water partition coefficient (Wildman–Crippen LogP) is -1.26. The standard InChI is InChI=1S/C12H18BFN2O4S/c1-9-10(8-16-4-2-15-3-5-16)6-11(21(14,19)20)7-12(9)13(17)18/h6-7,15,17-18H,2-5,8H2,1H3. The lowest BCUT2D eigenvalue weighted by atomic mass is 9.76. The minimum atomic E-state index is -4.89. The van der Waals surface area contributed by atoms with Crippen molar-refractivity contribution >= 4 is 22.8 Å². The molecule has 1 aliphatic rings. The van der Waals surface area contributed by atoms with Gasteiger partial charge < -0.3 is 15.4 Å². The van der Waals surface area contributed by atoms with Crippen LogP contribution in [0.4, 0.5) is 3.89 Å². The van der Waals surface area contributed by atoms with Crippen LogP contribution in [-0.4, -0.2) is 56.7 Å². The number of piperazine rings is 1. The maximum Gasteiger partial charge on any atom is 0.488 e. The van der Waals surface area contributed by atoms with E-state index < -0.39 is 22.2 Å². The van der Waals surface area contributed by atoms with Crippen molar-refractivity contribution in [1.29, 1.82) is 0 Å². The van der Waals surface area contributed by atoms with Gasteiger partial charge in [-0.2, -0.15) is 8.42 Å². The highest BCUT2D eigenvalue weighted by Crippen LogP contribution is 2.18. The van der Waals surface area contributed by atoms with Crippen LogP contribution in [0.1, 0.15) is 11.1 Å². The molecule has 0 atom stereocenters. The molecule has 0 amide bonds. The van der Waals surface area contributed by atoms with Crippen LogP contribution < -0.4 is 10.8 Å². The molecule has 1 aliphatic heterocycles. The molecule has 2 rings (SSSR count). The zero-order valence-electron chi connectivity index (χ0n) is 11.7. The van der Waals surface area contributed by atoms with E-state index in [1.807, 2.05) is 0 Å². The summed E-state index contributed by atoms with van der Waals surface area (Å²) < 4.78 is 35.5. The largest absolute Gasteiger partial charge is 0.488 e. The summed E-state index contributed by atoms with van der Waals surface area (Å²) in [5.41, 5.74) is 1.16. The van der Waals surface area contributed by atoms with E-state index in [9.17, 15) is 22.4 Å². The molecular weight excluding hydrogens is 298 g/mol. The molecule has 116 valence electrons. The fourth-order valence-corrected chi connectivity index (χ4v) is 3.00. The van der Waals surface area contributed by atoms with Crippen molar-refractivity contribution in [3.05, 3.63) is 23.3 Å². The Kier molecular flexibility index (Phi) is 5.00. The van der Waals surface area contributed by atoms with Gasteiger partial charge in [0.1, 0.15) is 0 Å². The summed E-state index contributed by atoms with van der Waals surface area (Å²) in [6, 6.07) is 2.23. The molecule has 0 spiro atoms. The van der Waals surface area contributed by atoms with Crippen molar-refractivity contribution in [2.24, 2.45) is 0 Å². The quantitative estimate of drug-likeness (QED) is 0.474. The van der Waals surface area contributed by atoms with Gasteiger partial charge in [-0.25, -0.2) is 0 Å².